The van der Waals surface area contributed by atoms with Crippen LogP contribution in [-0.4, -0.2) is 210 Å². The van der Waals surface area contributed by atoms with E-state index in [9.17, 15) is 51.9 Å². The molecule has 19 rings (SSSR count). The molecule has 0 atom stereocenters. The van der Waals surface area contributed by atoms with Gasteiger partial charge in [-0.25, -0.2) is 29.0 Å². The van der Waals surface area contributed by atoms with Crippen LogP contribution < -0.4 is 21.9 Å². The van der Waals surface area contributed by atoms with E-state index in [4.69, 9.17) is 46.3 Å². The lowest BCUT2D eigenvalue weighted by Crippen LogP contribution is -2.50. The predicted molar refractivity (Wildman–Crippen MR) is 493 cm³/mol. The molecule has 1 saturated heterocycles. The first-order chi connectivity index (χ1) is 64.6. The number of ether oxygens (including phenoxy) is 4. The van der Waals surface area contributed by atoms with Gasteiger partial charge in [-0.1, -0.05) is 220 Å². The summed E-state index contributed by atoms with van der Waals surface area (Å²) in [7, 11) is 1.55. The molecule has 134 heavy (non-hydrogen) atoms. The molecule has 0 radical (unpaired) electrons. The Kier molecular flexibility index (Phi) is 36.3. The van der Waals surface area contributed by atoms with Crippen LogP contribution in [0.4, 0.5) is 23.2 Å². The van der Waals surface area contributed by atoms with Crippen molar-refractivity contribution in [2.24, 2.45) is 10.8 Å². The molecule has 5 aromatic heterocycles. The lowest BCUT2D eigenvalue weighted by Gasteiger charge is -2.27. The number of aromatic amines is 2. The normalized spacial score (nSPS) is 13.1. The monoisotopic (exact) mass is 1840 g/mol. The van der Waals surface area contributed by atoms with Crippen LogP contribution in [0.2, 0.25) is 0 Å². The van der Waals surface area contributed by atoms with Crippen molar-refractivity contribution >= 4 is 98.1 Å². The fourth-order valence-corrected chi connectivity index (χ4v) is 14.0. The third-order valence-corrected chi connectivity index (χ3v) is 20.7. The van der Waals surface area contributed by atoms with Crippen molar-refractivity contribution in [1.29, 1.82) is 0 Å². The van der Waals surface area contributed by atoms with Crippen LogP contribution in [-0.2, 0) is 97.2 Å². The quantitative estimate of drug-likeness (QED) is 0.0101. The van der Waals surface area contributed by atoms with E-state index in [-0.39, 0.29) is 86.2 Å². The highest BCUT2D eigenvalue weighted by Gasteiger charge is 2.33. The molecule has 5 aliphatic rings. The third-order valence-electron chi connectivity index (χ3n) is 20.5. The molecule has 35 nitrogen and oxygen atoms in total. The zero-order valence-electron chi connectivity index (χ0n) is 72.2. The van der Waals surface area contributed by atoms with Crippen LogP contribution in [0.15, 0.2) is 266 Å². The lowest BCUT2D eigenvalue weighted by atomic mass is 10.1. The van der Waals surface area contributed by atoms with Crippen LogP contribution in [0.5, 0.6) is 0 Å². The van der Waals surface area contributed by atoms with Crippen LogP contribution in [0, 0.1) is 11.6 Å². The number of methoxy groups -OCH3 is 1. The number of nitrogens with two attached hydrogens (primary N) is 1. The molecule has 1 fully saturated rings. The lowest BCUT2D eigenvalue weighted by molar-refractivity contribution is -0.134. The van der Waals surface area contributed by atoms with Crippen molar-refractivity contribution in [2.75, 3.05) is 66.0 Å². The van der Waals surface area contributed by atoms with Gasteiger partial charge in [0.2, 0.25) is 17.6 Å². The number of halogens is 3. The number of hydrogen-bond donors (Lipinski definition) is 7. The van der Waals surface area contributed by atoms with Gasteiger partial charge >= 0.3 is 18.3 Å². The molecule has 0 aliphatic carbocycles. The summed E-state index contributed by atoms with van der Waals surface area (Å²) in [4.78, 5) is 130. The van der Waals surface area contributed by atoms with Crippen LogP contribution >= 0.6 is 11.6 Å². The summed E-state index contributed by atoms with van der Waals surface area (Å²) in [5.74, 6) is 5.78. The summed E-state index contributed by atoms with van der Waals surface area (Å²) >= 11 is 5.05. The Morgan fingerprint density at radius 3 is 1.27 bits per heavy atom. The number of ketones is 2. The molecule has 6 amide bonds. The molecule has 0 saturated carbocycles. The van der Waals surface area contributed by atoms with Gasteiger partial charge in [-0.3, -0.25) is 58.7 Å². The maximum absolute atomic E-state index is 14.2. The molecule has 14 aromatic rings. The highest BCUT2D eigenvalue weighted by atomic mass is 35.5. The Hall–Kier alpha value is -16.3. The van der Waals surface area contributed by atoms with Crippen molar-refractivity contribution in [1.82, 2.24) is 89.9 Å². The van der Waals surface area contributed by atoms with Crippen molar-refractivity contribution < 1.29 is 80.8 Å². The fourth-order valence-electron chi connectivity index (χ4n) is 13.9. The molecule has 0 bridgehead atoms. The number of aliphatic imine (C=N–C) groups is 1. The van der Waals surface area contributed by atoms with Crippen LogP contribution in [0.3, 0.4) is 0 Å². The Morgan fingerprint density at radius 2 is 0.843 bits per heavy atom. The summed E-state index contributed by atoms with van der Waals surface area (Å²) < 4.78 is 54.6. The number of nitrogen functional groups attached to an aromatic ring is 1. The van der Waals surface area contributed by atoms with Gasteiger partial charge in [-0.15, -0.1) is 30.6 Å². The molecule has 5 aliphatic heterocycles. The first-order valence-corrected chi connectivity index (χ1v) is 42.2. The van der Waals surface area contributed by atoms with E-state index < -0.39 is 46.4 Å². The topological polar surface area (TPSA) is 439 Å². The van der Waals surface area contributed by atoms with Crippen molar-refractivity contribution in [3.05, 3.63) is 324 Å². The van der Waals surface area contributed by atoms with Crippen molar-refractivity contribution in [3.63, 3.8) is 0 Å². The molecule has 8 N–H and O–H groups in total. The minimum Gasteiger partial charge on any atom is -0.483 e. The SMILES string of the molecule is C.CC(=O)O.COC1=NCCN(C(=O)OCc2ccccc2)C1.NNC(=O)c1ccccc1.O=C(C(=O)N1CCn2c(nnc2-c2ccccc2)C1)c1c[nH]c2cccc(F)c12.O=C(Cl)C(=O)c1c[nH]c2cccc(F)c12.O=C(OCc1ccccc1)N1CCn2c(nnc2-c2ccccc2)C1.O=C1CN(C(=O)OCc2ccccc2)CCN1.c1ccc(-c2nnc3n2CCNC3)cc1. The average Bonchev–Trinajstić information content (AvgIpc) is 1.59. The molecule has 0 unspecified atom stereocenters. The zero-order valence-corrected chi connectivity index (χ0v) is 72.9. The Morgan fingerprint density at radius 1 is 0.455 bits per heavy atom. The van der Waals surface area contributed by atoms with Gasteiger partial charge < -0.3 is 63.3 Å². The molecule has 9 aromatic carbocycles. The maximum atomic E-state index is 14.2. The van der Waals surface area contributed by atoms with Gasteiger partial charge in [0.05, 0.1) is 51.0 Å². The summed E-state index contributed by atoms with van der Waals surface area (Å²) in [5.41, 5.74) is 9.54. The van der Waals surface area contributed by atoms with E-state index in [0.29, 0.717) is 93.8 Å². The van der Waals surface area contributed by atoms with Gasteiger partial charge in [-0.2, -0.15) is 0 Å². The van der Waals surface area contributed by atoms with Gasteiger partial charge in [0, 0.05) is 122 Å². The van der Waals surface area contributed by atoms with E-state index in [1.165, 1.54) is 40.4 Å². The number of amides is 6. The fraction of sp³-hybridized carbons (Fsp3) is 0.219. The Labute approximate surface area is 772 Å². The number of nitrogens with one attached hydrogen (secondary N) is 5. The number of hydrogen-bond acceptors (Lipinski definition) is 23. The molecule has 692 valence electrons. The summed E-state index contributed by atoms with van der Waals surface area (Å²) in [6.45, 7) is 9.87. The summed E-state index contributed by atoms with van der Waals surface area (Å²) in [6.07, 6.45) is 1.57. The van der Waals surface area contributed by atoms with E-state index in [1.54, 1.807) is 59.4 Å². The number of carbonyl (C=O) groups excluding carboxylic acids is 9. The van der Waals surface area contributed by atoms with Gasteiger partial charge in [0.15, 0.2) is 29.1 Å². The molecule has 10 heterocycles. The number of hydrazine groups is 1. The largest absolute Gasteiger partial charge is 0.483 e. The number of fused-ring (bicyclic) bond motifs is 5. The molecular formula is C96H97ClF2N20O15. The number of carboxylic acid groups (broad SMARTS) is 1. The van der Waals surface area contributed by atoms with E-state index in [1.807, 2.05) is 186 Å². The standard InChI is InChI=1S/C21H16FN5O2.C19H18N4O2.C13H16N2O3.C12H14N2O3.C11H12N4.C10H5ClFNO2.C7H8N2O.C2H4O2.CH4/c22-15-7-4-8-16-18(15)14(11-23-16)19(28)21(29)26-9-10-27-17(12-26)24-25-20(27)13-5-2-1-3-6-13;24-19(25-14-15-7-3-1-4-8-15)22-11-12-23-17(13-22)20-21-18(23)16-9-5-2-6-10-16;1-17-12-9-15(8-7-14-12)13(16)18-10-11-5-3-2-4-6-11;15-11-8-14(7-6-13-11)12(16)17-9-10-4-2-1-3-5-10;1-2-4-9(5-3-1)11-14-13-10-8-12-6-7-15(10)11;11-10(15)9(14)5-4-13-7-3-1-2-6(12)8(5)7;8-9-7(10)6-4-2-1-3-5-6;1-2(3)4;/h1-8,11,23H,9-10,12H2;1-10H,11-14H2;2-6H,7-10H2,1H3;1-5H,6-9H2,(H,13,15);1-5,12H,6-8H2;1-4,13H;1-5H,8H2,(H,9,10);1H3,(H,3,4);1H4. The first-order valence-electron chi connectivity index (χ1n) is 41.8. The van der Waals surface area contributed by atoms with Gasteiger partial charge in [0.25, 0.3) is 28.8 Å². The van der Waals surface area contributed by atoms with Crippen LogP contribution in [0.1, 0.15) is 79.6 Å². The third kappa shape index (κ3) is 27.2. The molecular weight excluding hydrogens is 1750 g/mol. The number of carboxylic acids is 1. The number of carbonyl (C=O) groups is 10. The number of nitrogens with zero attached hydrogens (tertiary/aromatic N) is 14. The van der Waals surface area contributed by atoms with Crippen LogP contribution in [0.25, 0.3) is 56.0 Å². The summed E-state index contributed by atoms with van der Waals surface area (Å²) in [6, 6.07) is 76.2. The van der Waals surface area contributed by atoms with Gasteiger partial charge in [0.1, 0.15) is 43.8 Å². The van der Waals surface area contributed by atoms with Crippen molar-refractivity contribution in [3.8, 4) is 34.2 Å². The number of H-pyrrole nitrogens is 2. The summed E-state index contributed by atoms with van der Waals surface area (Å²) in [5, 5.41) is 37.9. The number of rotatable bonds is 14. The Bertz CT molecular complexity index is 6330. The number of benzene rings is 9. The second kappa shape index (κ2) is 49.5. The number of aliphatic carboxylic acids is 1. The minimum atomic E-state index is -1.13. The Balaban J connectivity index is 0.000000152. The zero-order chi connectivity index (χ0) is 94.0. The van der Waals surface area contributed by atoms with E-state index >= 15 is 0 Å². The smallest absolute Gasteiger partial charge is 0.410 e. The van der Waals surface area contributed by atoms with Gasteiger partial charge in [-0.05, 0) is 64.7 Å². The van der Waals surface area contributed by atoms with E-state index in [2.05, 4.69) is 77.5 Å². The predicted octanol–water partition coefficient (Wildman–Crippen LogP) is 12.6. The van der Waals surface area contributed by atoms with Crippen molar-refractivity contribution in [2.45, 2.75) is 73.4 Å². The number of aromatic nitrogens is 11. The maximum Gasteiger partial charge on any atom is 0.410 e. The number of Topliss-reactive ketones (excluding diaryl/α,β-unsaturated/α-hetero) is 2. The number of piperazine rings is 1. The average molecular weight is 1840 g/mol. The van der Waals surface area contributed by atoms with E-state index in [0.717, 1.165) is 89.1 Å². The highest BCUT2D eigenvalue weighted by molar-refractivity contribution is 6.83. The second-order valence-electron chi connectivity index (χ2n) is 29.5. The second-order valence-corrected chi connectivity index (χ2v) is 29.9. The molecule has 0 spiro atoms. The highest BCUT2D eigenvalue weighted by Crippen LogP contribution is 2.28. The minimum absolute atomic E-state index is 0. The first kappa shape index (κ1) is 98.3. The molecule has 38 heteroatoms.